The van der Waals surface area contributed by atoms with Crippen LogP contribution in [-0.4, -0.2) is 50.3 Å². The third-order valence-corrected chi connectivity index (χ3v) is 9.19. The second-order valence-corrected chi connectivity index (χ2v) is 10.7. The second-order valence-electron chi connectivity index (χ2n) is 6.12. The average molecular weight is 393 g/mol. The minimum Gasteiger partial charge on any atom is -0.303 e. The molecule has 0 aromatic carbocycles. The number of sulfonamides is 1. The van der Waals surface area contributed by atoms with Crippen LogP contribution in [0.4, 0.5) is 0 Å². The molecule has 1 aromatic rings. The third kappa shape index (κ3) is 2.95. The lowest BCUT2D eigenvalue weighted by Crippen LogP contribution is -2.53. The molecule has 0 aliphatic carbocycles. The molecule has 4 nitrogen and oxygen atoms in total. The molecule has 7 heteroatoms. The molecule has 2 aliphatic rings. The standard InChI is InChI=1S/C14H21BrN2O2S2/c1-10-8-13(20-14(10)15)21(18,19)17-7-5-12-11(9-17)4-3-6-16(12)2/h8,11-12H,3-7,9H2,1-2H3. The summed E-state index contributed by atoms with van der Waals surface area (Å²) in [4.78, 5) is 2.41. The number of halogens is 1. The number of hydrogen-bond acceptors (Lipinski definition) is 4. The first kappa shape index (κ1) is 15.9. The molecule has 1 aromatic heterocycles. The Morgan fingerprint density at radius 3 is 2.76 bits per heavy atom. The number of aryl methyl sites for hydroxylation is 1. The highest BCUT2D eigenvalue weighted by Crippen LogP contribution is 2.36. The van der Waals surface area contributed by atoms with Gasteiger partial charge in [-0.1, -0.05) is 0 Å². The van der Waals surface area contributed by atoms with E-state index < -0.39 is 10.0 Å². The Morgan fingerprint density at radius 1 is 1.33 bits per heavy atom. The Labute approximate surface area is 139 Å². The van der Waals surface area contributed by atoms with Gasteiger partial charge in [-0.05, 0) is 73.3 Å². The van der Waals surface area contributed by atoms with Gasteiger partial charge in [0, 0.05) is 19.1 Å². The van der Waals surface area contributed by atoms with Gasteiger partial charge in [-0.25, -0.2) is 8.42 Å². The quantitative estimate of drug-likeness (QED) is 0.776. The zero-order chi connectivity index (χ0) is 15.2. The van der Waals surface area contributed by atoms with Gasteiger partial charge in [-0.2, -0.15) is 4.31 Å². The Kier molecular flexibility index (Phi) is 4.49. The first-order valence-electron chi connectivity index (χ1n) is 7.36. The van der Waals surface area contributed by atoms with E-state index in [1.165, 1.54) is 17.8 Å². The van der Waals surface area contributed by atoms with E-state index >= 15 is 0 Å². The van der Waals surface area contributed by atoms with Crippen LogP contribution in [0.2, 0.25) is 0 Å². The van der Waals surface area contributed by atoms with E-state index in [4.69, 9.17) is 0 Å². The zero-order valence-electron chi connectivity index (χ0n) is 12.4. The SMILES string of the molecule is Cc1cc(S(=O)(=O)N2CCC3C(CCCN3C)C2)sc1Br. The first-order chi connectivity index (χ1) is 9.89. The summed E-state index contributed by atoms with van der Waals surface area (Å²) in [6.07, 6.45) is 3.27. The Bertz CT molecular complexity index is 609. The number of likely N-dealkylation sites (tertiary alicyclic amines) is 1. The van der Waals surface area contributed by atoms with Crippen LogP contribution < -0.4 is 0 Å². The zero-order valence-corrected chi connectivity index (χ0v) is 15.6. The van der Waals surface area contributed by atoms with E-state index in [0.29, 0.717) is 29.3 Å². The van der Waals surface area contributed by atoms with Crippen molar-refractivity contribution in [2.75, 3.05) is 26.7 Å². The maximum Gasteiger partial charge on any atom is 0.252 e. The molecule has 2 atom stereocenters. The molecule has 2 unspecified atom stereocenters. The molecule has 0 radical (unpaired) electrons. The van der Waals surface area contributed by atoms with Gasteiger partial charge in [0.1, 0.15) is 4.21 Å². The summed E-state index contributed by atoms with van der Waals surface area (Å²) < 4.78 is 28.7. The molecule has 0 saturated carbocycles. The van der Waals surface area contributed by atoms with Crippen molar-refractivity contribution < 1.29 is 8.42 Å². The molecular formula is C14H21BrN2O2S2. The van der Waals surface area contributed by atoms with Crippen LogP contribution in [0.1, 0.15) is 24.8 Å². The van der Waals surface area contributed by atoms with Crippen LogP contribution in [0, 0.1) is 12.8 Å². The molecule has 0 bridgehead atoms. The Morgan fingerprint density at radius 2 is 2.10 bits per heavy atom. The summed E-state index contributed by atoms with van der Waals surface area (Å²) in [6.45, 7) is 4.39. The van der Waals surface area contributed by atoms with Gasteiger partial charge in [0.25, 0.3) is 10.0 Å². The number of thiophene rings is 1. The smallest absolute Gasteiger partial charge is 0.252 e. The first-order valence-corrected chi connectivity index (χ1v) is 10.4. The predicted molar refractivity (Wildman–Crippen MR) is 89.3 cm³/mol. The number of fused-ring (bicyclic) bond motifs is 1. The molecule has 3 rings (SSSR count). The van der Waals surface area contributed by atoms with Gasteiger partial charge in [-0.3, -0.25) is 0 Å². The molecule has 21 heavy (non-hydrogen) atoms. The normalized spacial score (nSPS) is 28.5. The number of rotatable bonds is 2. The van der Waals surface area contributed by atoms with Crippen molar-refractivity contribution in [1.29, 1.82) is 0 Å². The molecular weight excluding hydrogens is 372 g/mol. The number of piperidine rings is 2. The van der Waals surface area contributed by atoms with Crippen LogP contribution in [0.3, 0.4) is 0 Å². The van der Waals surface area contributed by atoms with E-state index in [2.05, 4.69) is 27.9 Å². The number of nitrogens with zero attached hydrogens (tertiary/aromatic N) is 2. The van der Waals surface area contributed by atoms with E-state index in [1.54, 1.807) is 10.4 Å². The third-order valence-electron chi connectivity index (χ3n) is 4.74. The molecule has 0 N–H and O–H groups in total. The minimum atomic E-state index is -3.33. The van der Waals surface area contributed by atoms with Crippen LogP contribution >= 0.6 is 27.3 Å². The topological polar surface area (TPSA) is 40.6 Å². The fraction of sp³-hybridized carbons (Fsp3) is 0.714. The lowest BCUT2D eigenvalue weighted by atomic mass is 9.85. The molecule has 3 heterocycles. The molecule has 2 aliphatic heterocycles. The fourth-order valence-electron chi connectivity index (χ4n) is 3.52. The minimum absolute atomic E-state index is 0.467. The summed E-state index contributed by atoms with van der Waals surface area (Å²) in [5, 5.41) is 0. The highest BCUT2D eigenvalue weighted by molar-refractivity contribution is 9.11. The second kappa shape index (κ2) is 5.92. The Balaban J connectivity index is 1.81. The van der Waals surface area contributed by atoms with E-state index in [1.807, 2.05) is 6.92 Å². The monoisotopic (exact) mass is 392 g/mol. The van der Waals surface area contributed by atoms with Crippen molar-refractivity contribution in [2.24, 2.45) is 5.92 Å². The summed E-state index contributed by atoms with van der Waals surface area (Å²) in [7, 11) is -1.16. The summed E-state index contributed by atoms with van der Waals surface area (Å²) in [5.74, 6) is 0.483. The van der Waals surface area contributed by atoms with Gasteiger partial charge < -0.3 is 4.90 Å². The van der Waals surface area contributed by atoms with E-state index in [0.717, 1.165) is 28.7 Å². The fourth-order valence-corrected chi connectivity index (χ4v) is 7.42. The molecule has 2 saturated heterocycles. The average Bonchev–Trinajstić information content (AvgIpc) is 2.79. The predicted octanol–water partition coefficient (Wildman–Crippen LogP) is 2.92. The summed E-state index contributed by atoms with van der Waals surface area (Å²) in [6, 6.07) is 2.34. The highest BCUT2D eigenvalue weighted by Gasteiger charge is 2.39. The highest BCUT2D eigenvalue weighted by atomic mass is 79.9. The van der Waals surface area contributed by atoms with Crippen LogP contribution in [-0.2, 0) is 10.0 Å². The van der Waals surface area contributed by atoms with Crippen LogP contribution in [0.15, 0.2) is 14.1 Å². The molecule has 118 valence electrons. The maximum absolute atomic E-state index is 12.8. The van der Waals surface area contributed by atoms with Crippen molar-refractivity contribution in [3.05, 3.63) is 15.4 Å². The summed E-state index contributed by atoms with van der Waals surface area (Å²) >= 11 is 4.75. The van der Waals surface area contributed by atoms with Crippen molar-refractivity contribution in [3.63, 3.8) is 0 Å². The van der Waals surface area contributed by atoms with E-state index in [9.17, 15) is 8.42 Å². The van der Waals surface area contributed by atoms with Gasteiger partial charge in [-0.15, -0.1) is 11.3 Å². The van der Waals surface area contributed by atoms with Crippen LogP contribution in [0.25, 0.3) is 0 Å². The van der Waals surface area contributed by atoms with Crippen molar-refractivity contribution >= 4 is 37.3 Å². The van der Waals surface area contributed by atoms with Gasteiger partial charge in [0.2, 0.25) is 0 Å². The van der Waals surface area contributed by atoms with Crippen molar-refractivity contribution in [1.82, 2.24) is 9.21 Å². The molecule has 0 spiro atoms. The van der Waals surface area contributed by atoms with Crippen molar-refractivity contribution in [2.45, 2.75) is 36.4 Å². The lowest BCUT2D eigenvalue weighted by molar-refractivity contribution is 0.0672. The number of hydrogen-bond donors (Lipinski definition) is 0. The molecule has 2 fully saturated rings. The molecule has 0 amide bonds. The Hall–Kier alpha value is 0.0500. The lowest BCUT2D eigenvalue weighted by Gasteiger charge is -2.45. The van der Waals surface area contributed by atoms with Gasteiger partial charge >= 0.3 is 0 Å². The van der Waals surface area contributed by atoms with Gasteiger partial charge in [0.15, 0.2) is 0 Å². The maximum atomic E-state index is 12.8. The largest absolute Gasteiger partial charge is 0.303 e. The summed E-state index contributed by atoms with van der Waals surface area (Å²) in [5.41, 5.74) is 0.992. The van der Waals surface area contributed by atoms with Crippen molar-refractivity contribution in [3.8, 4) is 0 Å². The van der Waals surface area contributed by atoms with Crippen LogP contribution in [0.5, 0.6) is 0 Å². The van der Waals surface area contributed by atoms with E-state index in [-0.39, 0.29) is 0 Å². The van der Waals surface area contributed by atoms with Gasteiger partial charge in [0.05, 0.1) is 3.79 Å².